The zero-order chi connectivity index (χ0) is 20.9. The van der Waals surface area contributed by atoms with Gasteiger partial charge in [0.25, 0.3) is 0 Å². The van der Waals surface area contributed by atoms with Crippen molar-refractivity contribution in [1.82, 2.24) is 4.98 Å². The van der Waals surface area contributed by atoms with Crippen molar-refractivity contribution in [1.29, 1.82) is 0 Å². The van der Waals surface area contributed by atoms with Crippen molar-refractivity contribution >= 4 is 53.2 Å². The van der Waals surface area contributed by atoms with E-state index in [2.05, 4.69) is 98.8 Å². The summed E-state index contributed by atoms with van der Waals surface area (Å²) in [6.07, 6.45) is 1.04. The third-order valence-electron chi connectivity index (χ3n) is 6.09. The molecule has 2 aromatic heterocycles. The van der Waals surface area contributed by atoms with Gasteiger partial charge in [-0.05, 0) is 46.9 Å². The van der Waals surface area contributed by atoms with Crippen LogP contribution in [0, 0.1) is 5.92 Å². The lowest BCUT2D eigenvalue weighted by Gasteiger charge is -2.14. The Morgan fingerprint density at radius 2 is 1.55 bits per heavy atom. The molecule has 0 bridgehead atoms. The van der Waals surface area contributed by atoms with Crippen LogP contribution in [0.5, 0.6) is 0 Å². The number of thiophene rings is 1. The molecule has 0 spiro atoms. The molecule has 6 aromatic rings. The highest BCUT2D eigenvalue weighted by atomic mass is 32.1. The van der Waals surface area contributed by atoms with Gasteiger partial charge in [0.05, 0.1) is 11.2 Å². The Bertz CT molecular complexity index is 1590. The van der Waals surface area contributed by atoms with Crippen LogP contribution in [0.2, 0.25) is 0 Å². The van der Waals surface area contributed by atoms with E-state index in [1.165, 1.54) is 47.5 Å². The molecule has 31 heavy (non-hydrogen) atoms. The third kappa shape index (κ3) is 3.02. The Hall–Kier alpha value is -3.23. The molecule has 0 saturated heterocycles. The number of benzene rings is 4. The first-order chi connectivity index (χ1) is 15.2. The third-order valence-corrected chi connectivity index (χ3v) is 7.31. The number of hydrogen-bond acceptors (Lipinski definition) is 2. The minimum absolute atomic E-state index is 0.581. The molecule has 0 unspecified atom stereocenters. The van der Waals surface area contributed by atoms with Gasteiger partial charge in [-0.25, -0.2) is 4.98 Å². The van der Waals surface area contributed by atoms with E-state index in [0.29, 0.717) is 5.92 Å². The molecular weight excluding hydrogens is 394 g/mol. The molecule has 2 heterocycles. The summed E-state index contributed by atoms with van der Waals surface area (Å²) in [7, 11) is 0. The highest BCUT2D eigenvalue weighted by Gasteiger charge is 2.15. The van der Waals surface area contributed by atoms with Crippen molar-refractivity contribution in [2.75, 3.05) is 0 Å². The smallest absolute Gasteiger partial charge is 0.0726 e. The number of aromatic nitrogens is 1. The SMILES string of the molecule is CC(C)Cc1cc(-c2cccc3c2sc2ccccc23)nc2ccc3ccccc3c12. The molecule has 0 atom stereocenters. The van der Waals surface area contributed by atoms with Crippen LogP contribution in [-0.2, 0) is 6.42 Å². The van der Waals surface area contributed by atoms with Crippen molar-refractivity contribution in [3.8, 4) is 11.3 Å². The van der Waals surface area contributed by atoms with Crippen LogP contribution in [0.3, 0.4) is 0 Å². The molecule has 0 fully saturated rings. The minimum Gasteiger partial charge on any atom is -0.248 e. The van der Waals surface area contributed by atoms with Gasteiger partial charge in [0.2, 0.25) is 0 Å². The van der Waals surface area contributed by atoms with Crippen molar-refractivity contribution in [2.24, 2.45) is 5.92 Å². The fourth-order valence-electron chi connectivity index (χ4n) is 4.78. The standard InChI is InChI=1S/C29H23NS/c1-18(2)16-20-17-26(30-25-15-14-19-8-3-4-9-21(19)28(20)25)24-12-7-11-23-22-10-5-6-13-27(22)31-29(23)24/h3-15,17-18H,16H2,1-2H3. The van der Waals surface area contributed by atoms with Crippen LogP contribution in [0.1, 0.15) is 19.4 Å². The molecule has 4 aromatic carbocycles. The molecular formula is C29H23NS. The summed E-state index contributed by atoms with van der Waals surface area (Å²) in [6, 6.07) is 30.7. The number of fused-ring (bicyclic) bond motifs is 6. The summed E-state index contributed by atoms with van der Waals surface area (Å²) < 4.78 is 2.66. The van der Waals surface area contributed by atoms with E-state index in [0.717, 1.165) is 17.6 Å². The normalized spacial score (nSPS) is 12.0. The summed E-state index contributed by atoms with van der Waals surface area (Å²) in [5.74, 6) is 0.581. The average molecular weight is 418 g/mol. The van der Waals surface area contributed by atoms with Gasteiger partial charge < -0.3 is 0 Å². The largest absolute Gasteiger partial charge is 0.248 e. The van der Waals surface area contributed by atoms with E-state index < -0.39 is 0 Å². The predicted molar refractivity (Wildman–Crippen MR) is 136 cm³/mol. The number of pyridine rings is 1. The van der Waals surface area contributed by atoms with Gasteiger partial charge in [0, 0.05) is 31.1 Å². The lowest BCUT2D eigenvalue weighted by Crippen LogP contribution is -1.99. The molecule has 0 aliphatic carbocycles. The second kappa shape index (κ2) is 7.18. The molecule has 1 nitrogen and oxygen atoms in total. The van der Waals surface area contributed by atoms with Crippen LogP contribution >= 0.6 is 11.3 Å². The van der Waals surface area contributed by atoms with E-state index in [-0.39, 0.29) is 0 Å². The quantitative estimate of drug-likeness (QED) is 0.263. The van der Waals surface area contributed by atoms with E-state index in [9.17, 15) is 0 Å². The number of hydrogen-bond donors (Lipinski definition) is 0. The fourth-order valence-corrected chi connectivity index (χ4v) is 6.00. The molecule has 150 valence electrons. The fraction of sp³-hybridized carbons (Fsp3) is 0.138. The maximum Gasteiger partial charge on any atom is 0.0726 e. The van der Waals surface area contributed by atoms with Crippen LogP contribution in [0.15, 0.2) is 84.9 Å². The first kappa shape index (κ1) is 18.5. The molecule has 6 rings (SSSR count). The van der Waals surface area contributed by atoms with Crippen molar-refractivity contribution in [3.05, 3.63) is 90.5 Å². The summed E-state index contributed by atoms with van der Waals surface area (Å²) in [6.45, 7) is 4.59. The predicted octanol–water partition coefficient (Wildman–Crippen LogP) is 8.62. The molecule has 0 saturated carbocycles. The molecule has 0 aliphatic rings. The van der Waals surface area contributed by atoms with Gasteiger partial charge in [0.1, 0.15) is 0 Å². The Balaban J connectivity index is 1.68. The van der Waals surface area contributed by atoms with Gasteiger partial charge in [-0.1, -0.05) is 80.6 Å². The van der Waals surface area contributed by atoms with E-state index >= 15 is 0 Å². The topological polar surface area (TPSA) is 12.9 Å². The van der Waals surface area contributed by atoms with E-state index in [4.69, 9.17) is 4.98 Å². The summed E-state index contributed by atoms with van der Waals surface area (Å²) in [5.41, 5.74) is 4.80. The zero-order valence-electron chi connectivity index (χ0n) is 17.7. The van der Waals surface area contributed by atoms with Gasteiger partial charge in [-0.15, -0.1) is 11.3 Å². The molecule has 2 heteroatoms. The first-order valence-corrected chi connectivity index (χ1v) is 11.7. The Kier molecular flexibility index (Phi) is 4.29. The lowest BCUT2D eigenvalue weighted by molar-refractivity contribution is 0.650. The molecule has 0 aliphatic heterocycles. The highest BCUT2D eigenvalue weighted by Crippen LogP contribution is 2.40. The van der Waals surface area contributed by atoms with Crippen molar-refractivity contribution in [2.45, 2.75) is 20.3 Å². The molecule has 0 N–H and O–H groups in total. The lowest BCUT2D eigenvalue weighted by atomic mass is 9.93. The Morgan fingerprint density at radius 3 is 2.42 bits per heavy atom. The van der Waals surface area contributed by atoms with E-state index in [1.54, 1.807) is 0 Å². The Morgan fingerprint density at radius 1 is 0.774 bits per heavy atom. The van der Waals surface area contributed by atoms with Gasteiger partial charge >= 0.3 is 0 Å². The van der Waals surface area contributed by atoms with Crippen LogP contribution in [0.25, 0.3) is 53.1 Å². The Labute approximate surface area is 186 Å². The maximum absolute atomic E-state index is 5.19. The first-order valence-electron chi connectivity index (χ1n) is 10.9. The monoisotopic (exact) mass is 417 g/mol. The second-order valence-corrected chi connectivity index (χ2v) is 9.78. The minimum atomic E-state index is 0.581. The molecule has 0 radical (unpaired) electrons. The van der Waals surface area contributed by atoms with Crippen LogP contribution in [-0.4, -0.2) is 4.98 Å². The summed E-state index contributed by atoms with van der Waals surface area (Å²) in [5, 5.41) is 6.54. The van der Waals surface area contributed by atoms with Crippen LogP contribution in [0.4, 0.5) is 0 Å². The number of nitrogens with zero attached hydrogens (tertiary/aromatic N) is 1. The van der Waals surface area contributed by atoms with Crippen LogP contribution < -0.4 is 0 Å². The summed E-state index contributed by atoms with van der Waals surface area (Å²) >= 11 is 1.87. The molecule has 0 amide bonds. The number of rotatable bonds is 3. The maximum atomic E-state index is 5.19. The highest BCUT2D eigenvalue weighted by molar-refractivity contribution is 7.26. The van der Waals surface area contributed by atoms with Crippen molar-refractivity contribution in [3.63, 3.8) is 0 Å². The van der Waals surface area contributed by atoms with Gasteiger partial charge in [-0.2, -0.15) is 0 Å². The summed E-state index contributed by atoms with van der Waals surface area (Å²) in [4.78, 5) is 5.19. The van der Waals surface area contributed by atoms with Gasteiger partial charge in [-0.3, -0.25) is 0 Å². The van der Waals surface area contributed by atoms with Crippen molar-refractivity contribution < 1.29 is 0 Å². The van der Waals surface area contributed by atoms with Gasteiger partial charge in [0.15, 0.2) is 0 Å². The zero-order valence-corrected chi connectivity index (χ0v) is 18.5. The van der Waals surface area contributed by atoms with E-state index in [1.807, 2.05) is 11.3 Å². The second-order valence-electron chi connectivity index (χ2n) is 8.73. The average Bonchev–Trinajstić information content (AvgIpc) is 3.17.